The topological polar surface area (TPSA) is 29.5 Å². The minimum absolute atomic E-state index is 0.248. The van der Waals surface area contributed by atoms with Crippen LogP contribution in [0.25, 0.3) is 0 Å². The Morgan fingerprint density at radius 2 is 1.24 bits per heavy atom. The van der Waals surface area contributed by atoms with Crippen molar-refractivity contribution in [3.8, 4) is 11.5 Å². The first kappa shape index (κ1) is 19.5. The molecule has 0 radical (unpaired) electrons. The van der Waals surface area contributed by atoms with Crippen LogP contribution in [-0.2, 0) is 0 Å². The van der Waals surface area contributed by atoms with Crippen LogP contribution in [0, 0.1) is 0 Å². The molecule has 0 aliphatic rings. The Kier molecular flexibility index (Phi) is 9.52. The summed E-state index contributed by atoms with van der Waals surface area (Å²) < 4.78 is 8.83. The first-order valence-electron chi connectivity index (χ1n) is 5.73. The molecule has 0 aromatic heterocycles. The molecule has 2 aromatic rings. The highest BCUT2D eigenvalue weighted by Crippen LogP contribution is 2.33. The maximum atomic E-state index is 9.11. The molecule has 21 heavy (non-hydrogen) atoms. The number of ether oxygens (including phenoxy) is 1. The highest BCUT2D eigenvalue weighted by atomic mass is 79.9. The molecule has 2 nitrogen and oxygen atoms in total. The fourth-order valence-corrected chi connectivity index (χ4v) is 3.64. The van der Waals surface area contributed by atoms with E-state index in [0.717, 1.165) is 20.0 Å². The highest BCUT2D eigenvalue weighted by Gasteiger charge is 2.04. The van der Waals surface area contributed by atoms with Gasteiger partial charge in [-0.2, -0.15) is 0 Å². The van der Waals surface area contributed by atoms with Crippen molar-refractivity contribution < 1.29 is 9.84 Å². The van der Waals surface area contributed by atoms with E-state index in [1.54, 1.807) is 12.1 Å². The van der Waals surface area contributed by atoms with Crippen molar-refractivity contribution in [3.05, 3.63) is 54.3 Å². The van der Waals surface area contributed by atoms with E-state index < -0.39 is 0 Å². The van der Waals surface area contributed by atoms with Crippen LogP contribution in [-0.4, -0.2) is 17.0 Å². The monoisotopic (exact) mass is 606 g/mol. The number of aromatic hydroxyl groups is 1. The van der Waals surface area contributed by atoms with Crippen molar-refractivity contribution in [1.82, 2.24) is 0 Å². The van der Waals surface area contributed by atoms with Gasteiger partial charge >= 0.3 is 0 Å². The van der Waals surface area contributed by atoms with Crippen LogP contribution in [0.15, 0.2) is 54.3 Å². The second-order valence-corrected chi connectivity index (χ2v) is 7.87. The van der Waals surface area contributed by atoms with E-state index in [2.05, 4.69) is 79.6 Å². The van der Waals surface area contributed by atoms with Crippen LogP contribution in [0.4, 0.5) is 0 Å². The molecule has 114 valence electrons. The lowest BCUT2D eigenvalue weighted by Crippen LogP contribution is -1.98. The lowest BCUT2D eigenvalue weighted by Gasteiger charge is -2.07. The molecule has 0 aliphatic heterocycles. The highest BCUT2D eigenvalue weighted by molar-refractivity contribution is 9.11. The molecule has 2 rings (SSSR count). The number of benzene rings is 2. The molecule has 0 unspecified atom stereocenters. The van der Waals surface area contributed by atoms with Crippen molar-refractivity contribution in [2.24, 2.45) is 0 Å². The normalized spacial score (nSPS) is 9.76. The fourth-order valence-electron chi connectivity index (χ4n) is 1.25. The van der Waals surface area contributed by atoms with Crippen molar-refractivity contribution in [2.45, 2.75) is 0 Å². The SMILES string of the molecule is BrCCOc1c(Br)cccc1Br.Oc1c(Br)cccc1Br. The van der Waals surface area contributed by atoms with Gasteiger partial charge in [-0.1, -0.05) is 28.1 Å². The van der Waals surface area contributed by atoms with Crippen LogP contribution in [0.2, 0.25) is 0 Å². The van der Waals surface area contributed by atoms with Crippen molar-refractivity contribution in [3.63, 3.8) is 0 Å². The zero-order valence-corrected chi connectivity index (χ0v) is 18.6. The molecule has 2 aromatic carbocycles. The number of halogens is 5. The van der Waals surface area contributed by atoms with E-state index in [9.17, 15) is 0 Å². The average Bonchev–Trinajstić information content (AvgIpc) is 2.45. The van der Waals surface area contributed by atoms with Gasteiger partial charge in [0.1, 0.15) is 11.5 Å². The molecule has 0 spiro atoms. The Morgan fingerprint density at radius 3 is 1.62 bits per heavy atom. The van der Waals surface area contributed by atoms with Crippen LogP contribution in [0.5, 0.6) is 11.5 Å². The Morgan fingerprint density at radius 1 is 0.810 bits per heavy atom. The quantitative estimate of drug-likeness (QED) is 0.383. The molecule has 0 atom stereocenters. The average molecular weight is 611 g/mol. The van der Waals surface area contributed by atoms with Crippen LogP contribution in [0.3, 0.4) is 0 Å². The van der Waals surface area contributed by atoms with E-state index in [-0.39, 0.29) is 5.75 Å². The largest absolute Gasteiger partial charge is 0.506 e. The summed E-state index contributed by atoms with van der Waals surface area (Å²) >= 11 is 16.4. The third-order valence-corrected chi connectivity index (χ3v) is 5.03. The number of rotatable bonds is 3. The number of alkyl halides is 1. The van der Waals surface area contributed by atoms with Gasteiger partial charge in [-0.25, -0.2) is 0 Å². The van der Waals surface area contributed by atoms with E-state index >= 15 is 0 Å². The standard InChI is InChI=1S/C8H7Br3O.C6H4Br2O/c9-4-5-12-8-6(10)2-1-3-7(8)11;7-4-2-1-3-5(8)6(4)9/h1-3H,4-5H2;1-3,9H. The van der Waals surface area contributed by atoms with Gasteiger partial charge in [0, 0.05) is 5.33 Å². The Hall–Kier alpha value is 0.440. The maximum absolute atomic E-state index is 9.11. The van der Waals surface area contributed by atoms with Crippen molar-refractivity contribution in [2.75, 3.05) is 11.9 Å². The molecular weight excluding hydrogens is 600 g/mol. The summed E-state index contributed by atoms with van der Waals surface area (Å²) in [6.07, 6.45) is 0. The first-order valence-corrected chi connectivity index (χ1v) is 10.0. The fraction of sp³-hybridized carbons (Fsp3) is 0.143. The number of hydrogen-bond acceptors (Lipinski definition) is 2. The number of phenols is 1. The molecule has 0 saturated heterocycles. The Bertz CT molecular complexity index is 549. The summed E-state index contributed by atoms with van der Waals surface area (Å²) in [5, 5.41) is 9.95. The lowest BCUT2D eigenvalue weighted by molar-refractivity contribution is 0.341. The third kappa shape index (κ3) is 6.60. The summed E-state index contributed by atoms with van der Waals surface area (Å²) in [6, 6.07) is 11.3. The smallest absolute Gasteiger partial charge is 0.147 e. The second-order valence-electron chi connectivity index (χ2n) is 3.66. The van der Waals surface area contributed by atoms with E-state index in [4.69, 9.17) is 9.84 Å². The van der Waals surface area contributed by atoms with Crippen LogP contribution >= 0.6 is 79.6 Å². The molecule has 0 aliphatic carbocycles. The minimum Gasteiger partial charge on any atom is -0.506 e. The summed E-state index contributed by atoms with van der Waals surface area (Å²) in [6.45, 7) is 0.668. The van der Waals surface area contributed by atoms with E-state index in [1.165, 1.54) is 0 Å². The predicted octanol–water partition coefficient (Wildman–Crippen LogP) is 6.90. The van der Waals surface area contributed by atoms with Gasteiger partial charge in [-0.15, -0.1) is 0 Å². The molecule has 1 N–H and O–H groups in total. The molecule has 0 bridgehead atoms. The van der Waals surface area contributed by atoms with Gasteiger partial charge in [0.15, 0.2) is 0 Å². The molecule has 0 amide bonds. The number of para-hydroxylation sites is 2. The second kappa shape index (κ2) is 10.3. The third-order valence-electron chi connectivity index (χ3n) is 2.18. The summed E-state index contributed by atoms with van der Waals surface area (Å²) in [5.41, 5.74) is 0. The number of hydrogen-bond donors (Lipinski definition) is 1. The van der Waals surface area contributed by atoms with E-state index in [0.29, 0.717) is 15.6 Å². The van der Waals surface area contributed by atoms with Gasteiger partial charge in [-0.3, -0.25) is 0 Å². The molecule has 0 fully saturated rings. The summed E-state index contributed by atoms with van der Waals surface area (Å²) in [4.78, 5) is 0. The van der Waals surface area contributed by atoms with Crippen molar-refractivity contribution >= 4 is 79.6 Å². The van der Waals surface area contributed by atoms with Gasteiger partial charge in [0.25, 0.3) is 0 Å². The van der Waals surface area contributed by atoms with Crippen molar-refractivity contribution in [1.29, 1.82) is 0 Å². The molecule has 0 saturated carbocycles. The first-order chi connectivity index (χ1) is 9.97. The van der Waals surface area contributed by atoms with E-state index in [1.807, 2.05) is 24.3 Å². The molecular formula is C14H11Br5O2. The Balaban J connectivity index is 0.000000219. The Labute approximate surface area is 165 Å². The van der Waals surface area contributed by atoms with Gasteiger partial charge in [0.05, 0.1) is 24.5 Å². The number of phenolic OH excluding ortho intramolecular Hbond substituents is 1. The molecule has 0 heterocycles. The lowest BCUT2D eigenvalue weighted by atomic mass is 10.3. The van der Waals surface area contributed by atoms with Gasteiger partial charge in [0.2, 0.25) is 0 Å². The van der Waals surface area contributed by atoms with Gasteiger partial charge in [-0.05, 0) is 88.0 Å². The zero-order chi connectivity index (χ0) is 15.8. The molecule has 7 heteroatoms. The summed E-state index contributed by atoms with van der Waals surface area (Å²) in [7, 11) is 0. The van der Waals surface area contributed by atoms with Crippen LogP contribution < -0.4 is 4.74 Å². The maximum Gasteiger partial charge on any atom is 0.147 e. The predicted molar refractivity (Wildman–Crippen MR) is 105 cm³/mol. The van der Waals surface area contributed by atoms with Crippen LogP contribution in [0.1, 0.15) is 0 Å². The minimum atomic E-state index is 0.248. The zero-order valence-electron chi connectivity index (χ0n) is 10.6. The van der Waals surface area contributed by atoms with Gasteiger partial charge < -0.3 is 9.84 Å². The summed E-state index contributed by atoms with van der Waals surface area (Å²) in [5.74, 6) is 1.11.